The molecule has 14 heteroatoms. The van der Waals surface area contributed by atoms with E-state index in [9.17, 15) is 22.8 Å². The molecule has 44 heavy (non-hydrogen) atoms. The zero-order valence-electron chi connectivity index (χ0n) is 22.4. The summed E-state index contributed by atoms with van der Waals surface area (Å²) in [6.07, 6.45) is -3.42. The minimum Gasteiger partial charge on any atom is -0.487 e. The fourth-order valence-corrected chi connectivity index (χ4v) is 7.95. The van der Waals surface area contributed by atoms with Crippen LogP contribution in [0.1, 0.15) is 29.7 Å². The van der Waals surface area contributed by atoms with Crippen molar-refractivity contribution in [1.82, 2.24) is 4.57 Å². The summed E-state index contributed by atoms with van der Waals surface area (Å²) < 4.78 is 58.2. The van der Waals surface area contributed by atoms with Crippen molar-refractivity contribution in [2.45, 2.75) is 25.7 Å². The third-order valence-electron chi connectivity index (χ3n) is 6.40. The van der Waals surface area contributed by atoms with Gasteiger partial charge in [-0.3, -0.25) is 9.36 Å². The largest absolute Gasteiger partial charge is 0.487 e. The first-order valence-corrected chi connectivity index (χ1v) is 16.9. The van der Waals surface area contributed by atoms with Crippen molar-refractivity contribution in [2.24, 2.45) is 4.99 Å². The molecule has 6 nitrogen and oxygen atoms in total. The lowest BCUT2D eigenvalue weighted by molar-refractivity contribution is -0.140. The smallest absolute Gasteiger partial charge is 0.434 e. The number of alkyl halides is 3. The lowest BCUT2D eigenvalue weighted by Crippen LogP contribution is -2.41. The van der Waals surface area contributed by atoms with Gasteiger partial charge in [-0.1, -0.05) is 63.1 Å². The Labute approximate surface area is 293 Å². The van der Waals surface area contributed by atoms with E-state index in [0.717, 1.165) is 33.1 Å². The van der Waals surface area contributed by atoms with Gasteiger partial charge in [0.2, 0.25) is 0 Å². The topological polar surface area (TPSA) is 69.9 Å². The van der Waals surface area contributed by atoms with E-state index in [4.69, 9.17) is 21.1 Å². The molecular weight excluding hydrogens is 911 g/mol. The van der Waals surface area contributed by atoms with Crippen molar-refractivity contribution in [2.75, 3.05) is 6.61 Å². The van der Waals surface area contributed by atoms with Gasteiger partial charge in [-0.2, -0.15) is 13.2 Å². The van der Waals surface area contributed by atoms with Gasteiger partial charge in [0.25, 0.3) is 5.56 Å². The molecule has 1 aliphatic rings. The van der Waals surface area contributed by atoms with Crippen molar-refractivity contribution in [1.29, 1.82) is 0 Å². The lowest BCUT2D eigenvalue weighted by Gasteiger charge is -2.26. The second-order valence-electron chi connectivity index (χ2n) is 9.34. The monoisotopic (exact) mass is 928 g/mol. The molecule has 0 aliphatic carbocycles. The first-order valence-electron chi connectivity index (χ1n) is 12.8. The molecule has 1 aliphatic heterocycles. The van der Waals surface area contributed by atoms with E-state index in [1.54, 1.807) is 6.08 Å². The van der Waals surface area contributed by atoms with Crippen molar-refractivity contribution < 1.29 is 27.4 Å². The number of benzene rings is 3. The van der Waals surface area contributed by atoms with Crippen LogP contribution in [0, 0.1) is 7.14 Å². The van der Waals surface area contributed by atoms with Gasteiger partial charge >= 0.3 is 12.1 Å². The highest BCUT2D eigenvalue weighted by atomic mass is 127. The number of hydrogen-bond donors (Lipinski definition) is 0. The highest BCUT2D eigenvalue weighted by molar-refractivity contribution is 14.1. The number of carbonyl (C=O) groups is 1. The van der Waals surface area contributed by atoms with Crippen LogP contribution in [0.25, 0.3) is 6.08 Å². The molecule has 1 aromatic heterocycles. The molecule has 0 saturated heterocycles. The van der Waals surface area contributed by atoms with Gasteiger partial charge in [0.1, 0.15) is 12.4 Å². The third kappa shape index (κ3) is 7.11. The summed E-state index contributed by atoms with van der Waals surface area (Å²) in [5.74, 6) is -0.703. The molecule has 0 saturated carbocycles. The van der Waals surface area contributed by atoms with Crippen LogP contribution in [0.4, 0.5) is 13.2 Å². The minimum atomic E-state index is -5.00. The quantitative estimate of drug-likeness (QED) is 0.142. The van der Waals surface area contributed by atoms with Crippen LogP contribution in [0.15, 0.2) is 86.2 Å². The van der Waals surface area contributed by atoms with E-state index in [-0.39, 0.29) is 28.1 Å². The van der Waals surface area contributed by atoms with Crippen LogP contribution >= 0.6 is 84.0 Å². The Morgan fingerprint density at radius 1 is 1.14 bits per heavy atom. The zero-order chi connectivity index (χ0) is 31.8. The van der Waals surface area contributed by atoms with Gasteiger partial charge in [-0.05, 0) is 106 Å². The van der Waals surface area contributed by atoms with Gasteiger partial charge in [0.15, 0.2) is 10.5 Å². The minimum absolute atomic E-state index is 0.112. The highest BCUT2D eigenvalue weighted by Crippen LogP contribution is 2.38. The summed E-state index contributed by atoms with van der Waals surface area (Å²) in [4.78, 5) is 30.6. The summed E-state index contributed by atoms with van der Waals surface area (Å²) in [6.45, 7) is 1.57. The van der Waals surface area contributed by atoms with Gasteiger partial charge in [-0.15, -0.1) is 0 Å². The zero-order valence-corrected chi connectivity index (χ0v) is 29.9. The summed E-state index contributed by atoms with van der Waals surface area (Å²) in [5, 5.41) is 0.336. The van der Waals surface area contributed by atoms with E-state index in [2.05, 4.69) is 66.1 Å². The number of allylic oxidation sites excluding steroid dienone is 1. The first-order chi connectivity index (χ1) is 20.9. The Balaban J connectivity index is 1.71. The predicted molar refractivity (Wildman–Crippen MR) is 183 cm³/mol. The molecule has 228 valence electrons. The number of ether oxygens (including phenoxy) is 2. The maximum absolute atomic E-state index is 14.4. The molecule has 5 rings (SSSR count). The van der Waals surface area contributed by atoms with Crippen LogP contribution < -0.4 is 19.6 Å². The normalized spacial score (nSPS) is 15.2. The van der Waals surface area contributed by atoms with E-state index in [0.29, 0.717) is 16.3 Å². The summed E-state index contributed by atoms with van der Waals surface area (Å²) in [5.41, 5.74) is -1.09. The molecule has 4 aromatic rings. The molecule has 0 unspecified atom stereocenters. The second kappa shape index (κ2) is 13.6. The van der Waals surface area contributed by atoms with Crippen molar-refractivity contribution in [3.8, 4) is 5.75 Å². The Bertz CT molecular complexity index is 1960. The first kappa shape index (κ1) is 33.2. The number of rotatable bonds is 7. The van der Waals surface area contributed by atoms with Crippen LogP contribution in [0.2, 0.25) is 5.02 Å². The second-order valence-corrected chi connectivity index (χ2v) is 14.1. The Hall–Kier alpha value is -2.21. The van der Waals surface area contributed by atoms with Gasteiger partial charge in [-0.25, -0.2) is 9.79 Å². The average molecular weight is 930 g/mol. The number of halogens is 7. The van der Waals surface area contributed by atoms with Gasteiger partial charge in [0, 0.05) is 18.6 Å². The molecule has 1 atom stereocenters. The molecule has 0 spiro atoms. The van der Waals surface area contributed by atoms with Crippen LogP contribution in [0.5, 0.6) is 5.75 Å². The lowest BCUT2D eigenvalue weighted by atomic mass is 9.95. The Morgan fingerprint density at radius 2 is 1.82 bits per heavy atom. The number of esters is 1. The van der Waals surface area contributed by atoms with Crippen molar-refractivity contribution in [3.05, 3.63) is 125 Å². The molecular formula is C30H19BrClF3I2N2O4S. The number of fused-ring (bicyclic) bond motifs is 1. The van der Waals surface area contributed by atoms with E-state index < -0.39 is 35.0 Å². The summed E-state index contributed by atoms with van der Waals surface area (Å²) in [7, 11) is 0. The number of hydrogen-bond acceptors (Lipinski definition) is 6. The van der Waals surface area contributed by atoms with Crippen LogP contribution in [-0.2, 0) is 16.1 Å². The average Bonchev–Trinajstić information content (AvgIpc) is 3.27. The maximum Gasteiger partial charge on any atom is 0.434 e. The number of thiazole rings is 1. The number of nitrogens with zero attached hydrogens (tertiary/aromatic N) is 2. The highest BCUT2D eigenvalue weighted by Gasteiger charge is 2.45. The Morgan fingerprint density at radius 3 is 2.45 bits per heavy atom. The summed E-state index contributed by atoms with van der Waals surface area (Å²) in [6, 6.07) is 15.8. The van der Waals surface area contributed by atoms with E-state index >= 15 is 0 Å². The number of carbonyl (C=O) groups excluding carboxylic acids is 1. The van der Waals surface area contributed by atoms with Crippen LogP contribution in [-0.4, -0.2) is 23.3 Å². The molecule has 0 N–H and O–H groups in total. The van der Waals surface area contributed by atoms with Gasteiger partial charge < -0.3 is 9.47 Å². The standard InChI is InChI=1S/C30H19BrClF3I2N2O4S/c1-2-42-28(41)23-24(16-5-9-19(32)10-6-16)39-27(40)22(44-29(39)38-26(23)30(33,34)35)12-17-11-20(36)13-21(37)25(17)43-14-15-3-7-18(31)8-4-15/h3-13,24H,2,14H2,1H3/b22-12-/t24-/m0/s1. The van der Waals surface area contributed by atoms with Gasteiger partial charge in [0.05, 0.1) is 26.3 Å². The maximum atomic E-state index is 14.4. The fraction of sp³-hybridized carbons (Fsp3) is 0.167. The van der Waals surface area contributed by atoms with E-state index in [1.807, 2.05) is 36.4 Å². The molecule has 3 aromatic carbocycles. The number of aromatic nitrogens is 1. The molecule has 0 amide bonds. The Kier molecular flexibility index (Phi) is 10.3. The van der Waals surface area contributed by atoms with E-state index in [1.165, 1.54) is 31.2 Å². The van der Waals surface area contributed by atoms with Crippen molar-refractivity contribution in [3.63, 3.8) is 0 Å². The molecule has 0 fully saturated rings. The molecule has 2 heterocycles. The predicted octanol–water partition coefficient (Wildman–Crippen LogP) is 7.54. The molecule has 0 bridgehead atoms. The third-order valence-corrected chi connectivity index (χ3v) is 9.59. The van der Waals surface area contributed by atoms with Crippen molar-refractivity contribution >= 4 is 96.1 Å². The summed E-state index contributed by atoms with van der Waals surface area (Å²) >= 11 is 14.5. The van der Waals surface area contributed by atoms with Crippen LogP contribution in [0.3, 0.4) is 0 Å². The molecule has 0 radical (unpaired) electrons. The SMILES string of the molecule is CCOC(=O)C1=C(C(F)(F)F)N=c2s/c(=C\c3cc(I)cc(I)c3OCc3ccc(Br)cc3)c(=O)n2[C@H]1c1ccc(Cl)cc1. The fourth-order valence-electron chi connectivity index (χ4n) is 4.52.